The molecule has 4 nitrogen and oxygen atoms in total. The minimum absolute atomic E-state index is 0.553. The first-order valence-corrected chi connectivity index (χ1v) is 9.54. The molecule has 4 heteroatoms. The van der Waals surface area contributed by atoms with Gasteiger partial charge < -0.3 is 5.11 Å². The van der Waals surface area contributed by atoms with Crippen molar-refractivity contribution in [2.45, 2.75) is 56.6 Å². The fraction of sp³-hybridized carbons (Fsp3) is 0.524. The summed E-state index contributed by atoms with van der Waals surface area (Å²) in [5.74, 6) is 1.57. The highest BCUT2D eigenvalue weighted by Gasteiger charge is 2.37. The maximum atomic E-state index is 11.0. The third-order valence-corrected chi connectivity index (χ3v) is 5.74. The van der Waals surface area contributed by atoms with Gasteiger partial charge in [0.2, 0.25) is 0 Å². The summed E-state index contributed by atoms with van der Waals surface area (Å²) in [6, 6.07) is 10.0. The number of aliphatic hydroxyl groups is 1. The van der Waals surface area contributed by atoms with Crippen LogP contribution in [0.25, 0.3) is 0 Å². The van der Waals surface area contributed by atoms with Crippen molar-refractivity contribution >= 4 is 0 Å². The van der Waals surface area contributed by atoms with E-state index in [0.717, 1.165) is 36.5 Å². The fourth-order valence-corrected chi connectivity index (χ4v) is 4.27. The molecule has 1 saturated carbocycles. The van der Waals surface area contributed by atoms with Crippen LogP contribution in [0, 0.1) is 0 Å². The van der Waals surface area contributed by atoms with Crippen LogP contribution < -0.4 is 0 Å². The lowest BCUT2D eigenvalue weighted by Crippen LogP contribution is -2.30. The van der Waals surface area contributed by atoms with Crippen molar-refractivity contribution in [1.29, 1.82) is 0 Å². The first-order chi connectivity index (χ1) is 12.2. The Morgan fingerprint density at radius 2 is 1.76 bits per heavy atom. The molecule has 0 spiro atoms. The van der Waals surface area contributed by atoms with Gasteiger partial charge >= 0.3 is 0 Å². The lowest BCUT2D eigenvalue weighted by Gasteiger charge is -2.24. The third kappa shape index (κ3) is 3.75. The number of β-amino-alcohol motifs (C(OH)–C–C–N with tert-alkyl or cyclic N) is 1. The molecule has 1 N–H and O–H groups in total. The molecule has 1 atom stereocenters. The van der Waals surface area contributed by atoms with E-state index in [1.165, 1.54) is 32.1 Å². The van der Waals surface area contributed by atoms with E-state index in [1.54, 1.807) is 0 Å². The lowest BCUT2D eigenvalue weighted by molar-refractivity contribution is 0.0453. The van der Waals surface area contributed by atoms with E-state index in [9.17, 15) is 5.11 Å². The molecule has 0 bridgehead atoms. The van der Waals surface area contributed by atoms with Crippen molar-refractivity contribution in [2.24, 2.45) is 0 Å². The Morgan fingerprint density at radius 3 is 2.48 bits per heavy atom. The average molecular weight is 337 g/mol. The van der Waals surface area contributed by atoms with Crippen LogP contribution in [0.4, 0.5) is 0 Å². The molecule has 25 heavy (non-hydrogen) atoms. The maximum absolute atomic E-state index is 11.0. The Labute approximate surface area is 149 Å². The lowest BCUT2D eigenvalue weighted by atomic mass is 9.89. The summed E-state index contributed by atoms with van der Waals surface area (Å²) in [6.07, 6.45) is 11.2. The fourth-order valence-electron chi connectivity index (χ4n) is 4.27. The zero-order chi connectivity index (χ0) is 17.1. The molecule has 2 aliphatic rings. The molecule has 1 aliphatic heterocycles. The predicted octanol–water partition coefficient (Wildman–Crippen LogP) is 3.62. The second-order valence-electron chi connectivity index (χ2n) is 7.64. The molecule has 2 fully saturated rings. The molecule has 1 saturated heterocycles. The number of nitrogens with zero attached hydrogens (tertiary/aromatic N) is 3. The van der Waals surface area contributed by atoms with Crippen LogP contribution in [0.2, 0.25) is 0 Å². The van der Waals surface area contributed by atoms with Gasteiger partial charge in [-0.2, -0.15) is 0 Å². The highest BCUT2D eigenvalue weighted by molar-refractivity contribution is 5.24. The molecular weight excluding hydrogens is 310 g/mol. The number of hydrogen-bond donors (Lipinski definition) is 1. The molecule has 0 amide bonds. The van der Waals surface area contributed by atoms with Gasteiger partial charge in [-0.25, -0.2) is 9.97 Å². The van der Waals surface area contributed by atoms with Crippen LogP contribution in [0.5, 0.6) is 0 Å². The van der Waals surface area contributed by atoms with Gasteiger partial charge in [-0.3, -0.25) is 4.90 Å². The van der Waals surface area contributed by atoms with Gasteiger partial charge in [-0.15, -0.1) is 0 Å². The summed E-state index contributed by atoms with van der Waals surface area (Å²) in [7, 11) is 0. The van der Waals surface area contributed by atoms with E-state index in [2.05, 4.69) is 14.9 Å². The second-order valence-corrected chi connectivity index (χ2v) is 7.64. The largest absolute Gasteiger partial charge is 0.384 e. The Hall–Kier alpha value is -1.78. The van der Waals surface area contributed by atoms with Gasteiger partial charge in [0.05, 0.1) is 0 Å². The van der Waals surface area contributed by atoms with Crippen molar-refractivity contribution in [3.8, 4) is 0 Å². The summed E-state index contributed by atoms with van der Waals surface area (Å²) in [6.45, 7) is 2.37. The quantitative estimate of drug-likeness (QED) is 0.926. The van der Waals surface area contributed by atoms with Crippen molar-refractivity contribution in [3.05, 3.63) is 59.7 Å². The Bertz CT molecular complexity index is 682. The highest BCUT2D eigenvalue weighted by atomic mass is 16.3. The first-order valence-electron chi connectivity index (χ1n) is 9.54. The van der Waals surface area contributed by atoms with E-state index < -0.39 is 5.60 Å². The molecule has 0 radical (unpaired) electrons. The normalized spacial score (nSPS) is 25.3. The average Bonchev–Trinajstić information content (AvgIpc) is 3.06. The van der Waals surface area contributed by atoms with Gasteiger partial charge in [0, 0.05) is 43.5 Å². The molecule has 1 aliphatic carbocycles. The van der Waals surface area contributed by atoms with Crippen molar-refractivity contribution in [2.75, 3.05) is 13.1 Å². The number of aromatic nitrogens is 2. The van der Waals surface area contributed by atoms with E-state index in [-0.39, 0.29) is 0 Å². The molecule has 2 heterocycles. The summed E-state index contributed by atoms with van der Waals surface area (Å²) >= 11 is 0. The van der Waals surface area contributed by atoms with Gasteiger partial charge in [0.1, 0.15) is 11.4 Å². The van der Waals surface area contributed by atoms with Crippen LogP contribution >= 0.6 is 0 Å². The Kier molecular flexibility index (Phi) is 4.82. The van der Waals surface area contributed by atoms with Gasteiger partial charge in [-0.1, -0.05) is 49.6 Å². The summed E-state index contributed by atoms with van der Waals surface area (Å²) in [5.41, 5.74) is 1.42. The van der Waals surface area contributed by atoms with Crippen LogP contribution in [-0.4, -0.2) is 33.1 Å². The van der Waals surface area contributed by atoms with E-state index >= 15 is 0 Å². The van der Waals surface area contributed by atoms with E-state index in [0.29, 0.717) is 12.5 Å². The molecule has 2 aromatic rings. The van der Waals surface area contributed by atoms with Gasteiger partial charge in [0.25, 0.3) is 0 Å². The number of likely N-dealkylation sites (tertiary alicyclic amines) is 1. The standard InChI is InChI=1S/C21H27N3O/c25-21(19-9-5-2-6-10-19)11-12-24(16-21)15-17-13-22-20(23-14-17)18-7-3-1-4-8-18/h2,5-6,9-10,13-14,18,25H,1,3-4,7-8,11-12,15-16H2. The highest BCUT2D eigenvalue weighted by Crippen LogP contribution is 2.33. The van der Waals surface area contributed by atoms with Gasteiger partial charge in [0.15, 0.2) is 0 Å². The molecule has 1 unspecified atom stereocenters. The van der Waals surface area contributed by atoms with Crippen molar-refractivity contribution in [1.82, 2.24) is 14.9 Å². The van der Waals surface area contributed by atoms with Crippen LogP contribution in [0.3, 0.4) is 0 Å². The Morgan fingerprint density at radius 1 is 1.04 bits per heavy atom. The van der Waals surface area contributed by atoms with Crippen LogP contribution in [0.15, 0.2) is 42.7 Å². The van der Waals surface area contributed by atoms with Gasteiger partial charge in [-0.05, 0) is 24.8 Å². The summed E-state index contributed by atoms with van der Waals surface area (Å²) < 4.78 is 0. The van der Waals surface area contributed by atoms with Crippen LogP contribution in [-0.2, 0) is 12.1 Å². The predicted molar refractivity (Wildman–Crippen MR) is 98.1 cm³/mol. The number of rotatable bonds is 4. The van der Waals surface area contributed by atoms with E-state index in [4.69, 9.17) is 0 Å². The molecule has 132 valence electrons. The van der Waals surface area contributed by atoms with Crippen molar-refractivity contribution in [3.63, 3.8) is 0 Å². The third-order valence-electron chi connectivity index (χ3n) is 5.74. The maximum Gasteiger partial charge on any atom is 0.131 e. The smallest absolute Gasteiger partial charge is 0.131 e. The molecule has 1 aromatic heterocycles. The van der Waals surface area contributed by atoms with Crippen molar-refractivity contribution < 1.29 is 5.11 Å². The zero-order valence-corrected chi connectivity index (χ0v) is 14.8. The SMILES string of the molecule is OC1(c2ccccc2)CCN(Cc2cnc(C3CCCCC3)nc2)C1. The Balaban J connectivity index is 1.38. The summed E-state index contributed by atoms with van der Waals surface area (Å²) in [4.78, 5) is 11.6. The zero-order valence-electron chi connectivity index (χ0n) is 14.8. The second kappa shape index (κ2) is 7.22. The number of benzene rings is 1. The topological polar surface area (TPSA) is 49.2 Å². The molecule has 4 rings (SSSR count). The molecular formula is C21H27N3O. The van der Waals surface area contributed by atoms with E-state index in [1.807, 2.05) is 42.7 Å². The minimum Gasteiger partial charge on any atom is -0.384 e. The van der Waals surface area contributed by atoms with Crippen LogP contribution in [0.1, 0.15) is 61.4 Å². The summed E-state index contributed by atoms with van der Waals surface area (Å²) in [5, 5.41) is 11.0. The number of hydrogen-bond acceptors (Lipinski definition) is 4. The monoisotopic (exact) mass is 337 g/mol. The first kappa shape index (κ1) is 16.7. The minimum atomic E-state index is -0.732. The molecule has 1 aromatic carbocycles.